The van der Waals surface area contributed by atoms with Crippen molar-refractivity contribution < 1.29 is 18.3 Å². The summed E-state index contributed by atoms with van der Waals surface area (Å²) in [5, 5.41) is 8.73. The van der Waals surface area contributed by atoms with E-state index in [1.807, 2.05) is 26.0 Å². The van der Waals surface area contributed by atoms with E-state index in [0.717, 1.165) is 16.7 Å². The Morgan fingerprint density at radius 1 is 1.07 bits per heavy atom. The van der Waals surface area contributed by atoms with E-state index in [0.29, 0.717) is 44.0 Å². The molecule has 7 heteroatoms. The van der Waals surface area contributed by atoms with Gasteiger partial charge in [0, 0.05) is 32.6 Å². The second-order valence-electron chi connectivity index (χ2n) is 8.43. The summed E-state index contributed by atoms with van der Waals surface area (Å²) in [6.45, 7) is 13.0. The van der Waals surface area contributed by atoms with Gasteiger partial charge in [0.05, 0.1) is 4.90 Å². The Morgan fingerprint density at radius 2 is 1.59 bits per heavy atom. The zero-order valence-electron chi connectivity index (χ0n) is 17.1. The summed E-state index contributed by atoms with van der Waals surface area (Å²) in [4.78, 5) is 13.2. The van der Waals surface area contributed by atoms with Gasteiger partial charge < -0.3 is 10.0 Å². The van der Waals surface area contributed by atoms with Crippen LogP contribution in [0.25, 0.3) is 0 Å². The van der Waals surface area contributed by atoms with Gasteiger partial charge in [-0.05, 0) is 48.9 Å². The van der Waals surface area contributed by atoms with Crippen LogP contribution in [0.3, 0.4) is 0 Å². The first-order valence-electron chi connectivity index (χ1n) is 9.49. The van der Waals surface area contributed by atoms with Gasteiger partial charge in [-0.1, -0.05) is 32.9 Å². The fraction of sp³-hybridized carbons (Fsp3) is 0.650. The van der Waals surface area contributed by atoms with Crippen molar-refractivity contribution in [2.45, 2.75) is 57.8 Å². The summed E-state index contributed by atoms with van der Waals surface area (Å²) in [6.07, 6.45) is 0.742. The lowest BCUT2D eigenvalue weighted by Gasteiger charge is -2.34. The Labute approximate surface area is 163 Å². The second-order valence-corrected chi connectivity index (χ2v) is 10.3. The number of carbonyl (C=O) groups is 1. The number of rotatable bonds is 6. The molecule has 0 amide bonds. The Kier molecular flexibility index (Phi) is 6.71. The number of sulfonamides is 1. The van der Waals surface area contributed by atoms with E-state index in [2.05, 4.69) is 25.7 Å². The van der Waals surface area contributed by atoms with Gasteiger partial charge in [-0.25, -0.2) is 8.42 Å². The Hall–Kier alpha value is -1.44. The molecular formula is C20H32N2O4S. The summed E-state index contributed by atoms with van der Waals surface area (Å²) in [5.74, 6) is -0.791. The van der Waals surface area contributed by atoms with E-state index < -0.39 is 16.0 Å². The number of nitrogens with zero attached hydrogens (tertiary/aromatic N) is 2. The summed E-state index contributed by atoms with van der Waals surface area (Å²) in [6, 6.07) is 3.98. The molecule has 0 unspecified atom stereocenters. The number of piperazine rings is 1. The molecule has 0 aromatic heterocycles. The van der Waals surface area contributed by atoms with Crippen LogP contribution in [0.4, 0.5) is 0 Å². The molecule has 152 valence electrons. The third kappa shape index (κ3) is 5.30. The molecule has 27 heavy (non-hydrogen) atoms. The number of carboxylic acid groups (broad SMARTS) is 1. The minimum atomic E-state index is -3.53. The van der Waals surface area contributed by atoms with Crippen LogP contribution in [0.5, 0.6) is 0 Å². The second kappa shape index (κ2) is 8.29. The average Bonchev–Trinajstić information content (AvgIpc) is 2.53. The largest absolute Gasteiger partial charge is 0.481 e. The van der Waals surface area contributed by atoms with E-state index in [4.69, 9.17) is 5.11 Å². The van der Waals surface area contributed by atoms with Crippen molar-refractivity contribution in [3.63, 3.8) is 0 Å². The standard InChI is InChI=1S/C20H32N2O4S/c1-15-13-17(20(3,4)5)14-16(2)19(15)27(25,26)22-11-9-21(10-12-22)8-6-7-18(23)24/h13-14H,6-12H2,1-5H3,(H,23,24). The normalized spacial score (nSPS) is 17.2. The van der Waals surface area contributed by atoms with Crippen LogP contribution in [-0.4, -0.2) is 61.4 Å². The number of aliphatic carboxylic acids is 1. The van der Waals surface area contributed by atoms with E-state index in [9.17, 15) is 13.2 Å². The van der Waals surface area contributed by atoms with Crippen LogP contribution in [0.2, 0.25) is 0 Å². The summed E-state index contributed by atoms with van der Waals surface area (Å²) in [5.41, 5.74) is 2.70. The van der Waals surface area contributed by atoms with Gasteiger partial charge >= 0.3 is 5.97 Å². The molecule has 1 N–H and O–H groups in total. The number of hydrogen-bond acceptors (Lipinski definition) is 4. The van der Waals surface area contributed by atoms with Crippen LogP contribution in [0.15, 0.2) is 17.0 Å². The van der Waals surface area contributed by atoms with Crippen molar-refractivity contribution in [3.8, 4) is 0 Å². The van der Waals surface area contributed by atoms with Crippen molar-refractivity contribution in [1.29, 1.82) is 0 Å². The van der Waals surface area contributed by atoms with Crippen LogP contribution in [0.1, 0.15) is 50.3 Å². The highest BCUT2D eigenvalue weighted by Crippen LogP contribution is 2.31. The minimum Gasteiger partial charge on any atom is -0.481 e. The fourth-order valence-corrected chi connectivity index (χ4v) is 5.40. The Morgan fingerprint density at radius 3 is 2.04 bits per heavy atom. The van der Waals surface area contributed by atoms with Gasteiger partial charge in [0.15, 0.2) is 0 Å². The third-order valence-corrected chi connectivity index (χ3v) is 7.33. The molecule has 1 fully saturated rings. The zero-order chi connectivity index (χ0) is 20.4. The van der Waals surface area contributed by atoms with Crippen molar-refractivity contribution in [2.24, 2.45) is 0 Å². The predicted molar refractivity (Wildman–Crippen MR) is 107 cm³/mol. The molecule has 2 rings (SSSR count). The average molecular weight is 397 g/mol. The molecule has 0 bridgehead atoms. The number of aryl methyl sites for hydroxylation is 2. The summed E-state index contributed by atoms with van der Waals surface area (Å²) < 4.78 is 28.0. The molecule has 0 saturated carbocycles. The number of benzene rings is 1. The molecule has 0 aliphatic carbocycles. The first-order chi connectivity index (χ1) is 12.4. The Balaban J connectivity index is 2.13. The fourth-order valence-electron chi connectivity index (χ4n) is 3.57. The van der Waals surface area contributed by atoms with Crippen LogP contribution < -0.4 is 0 Å². The molecule has 1 saturated heterocycles. The molecule has 0 atom stereocenters. The number of carboxylic acids is 1. The molecule has 0 spiro atoms. The SMILES string of the molecule is Cc1cc(C(C)(C)C)cc(C)c1S(=O)(=O)N1CCN(CCCC(=O)O)CC1. The maximum Gasteiger partial charge on any atom is 0.303 e. The highest BCUT2D eigenvalue weighted by atomic mass is 32.2. The first kappa shape index (κ1) is 21.9. The van der Waals surface area contributed by atoms with E-state index in [1.165, 1.54) is 0 Å². The minimum absolute atomic E-state index is 0.0284. The topological polar surface area (TPSA) is 77.9 Å². The van der Waals surface area contributed by atoms with Gasteiger partial charge in [-0.15, -0.1) is 0 Å². The highest BCUT2D eigenvalue weighted by molar-refractivity contribution is 7.89. The molecule has 1 aliphatic heterocycles. The van der Waals surface area contributed by atoms with Gasteiger partial charge in [-0.2, -0.15) is 4.31 Å². The molecule has 0 radical (unpaired) electrons. The lowest BCUT2D eigenvalue weighted by atomic mass is 9.85. The summed E-state index contributed by atoms with van der Waals surface area (Å²) >= 11 is 0. The predicted octanol–water partition coefficient (Wildman–Crippen LogP) is 2.77. The molecule has 6 nitrogen and oxygen atoms in total. The van der Waals surface area contributed by atoms with E-state index in [-0.39, 0.29) is 11.8 Å². The van der Waals surface area contributed by atoms with E-state index >= 15 is 0 Å². The quantitative estimate of drug-likeness (QED) is 0.800. The number of hydrogen-bond donors (Lipinski definition) is 1. The van der Waals surface area contributed by atoms with Gasteiger partial charge in [0.1, 0.15) is 0 Å². The molecular weight excluding hydrogens is 364 g/mol. The van der Waals surface area contributed by atoms with Gasteiger partial charge in [0.25, 0.3) is 0 Å². The molecule has 1 heterocycles. The molecule has 1 aromatic carbocycles. The van der Waals surface area contributed by atoms with Crippen molar-refractivity contribution >= 4 is 16.0 Å². The lowest BCUT2D eigenvalue weighted by Crippen LogP contribution is -2.49. The summed E-state index contributed by atoms with van der Waals surface area (Å²) in [7, 11) is -3.53. The van der Waals surface area contributed by atoms with Gasteiger partial charge in [-0.3, -0.25) is 4.79 Å². The zero-order valence-corrected chi connectivity index (χ0v) is 17.9. The third-order valence-electron chi connectivity index (χ3n) is 5.12. The van der Waals surface area contributed by atoms with Crippen molar-refractivity contribution in [2.75, 3.05) is 32.7 Å². The maximum atomic E-state index is 13.2. The van der Waals surface area contributed by atoms with Crippen LogP contribution in [-0.2, 0) is 20.2 Å². The van der Waals surface area contributed by atoms with Crippen molar-refractivity contribution in [3.05, 3.63) is 28.8 Å². The smallest absolute Gasteiger partial charge is 0.303 e. The molecule has 1 aliphatic rings. The highest BCUT2D eigenvalue weighted by Gasteiger charge is 2.31. The van der Waals surface area contributed by atoms with Gasteiger partial charge in [0.2, 0.25) is 10.0 Å². The maximum absolute atomic E-state index is 13.2. The monoisotopic (exact) mass is 396 g/mol. The lowest BCUT2D eigenvalue weighted by molar-refractivity contribution is -0.137. The van der Waals surface area contributed by atoms with Crippen molar-refractivity contribution in [1.82, 2.24) is 9.21 Å². The first-order valence-corrected chi connectivity index (χ1v) is 10.9. The Bertz CT molecular complexity index is 766. The van der Waals surface area contributed by atoms with Crippen LogP contribution >= 0.6 is 0 Å². The van der Waals surface area contributed by atoms with E-state index in [1.54, 1.807) is 4.31 Å². The molecule has 1 aromatic rings. The van der Waals surface area contributed by atoms with Crippen LogP contribution in [0, 0.1) is 13.8 Å².